The number of rotatable bonds is 13. The summed E-state index contributed by atoms with van der Waals surface area (Å²) in [6.45, 7) is 4.41. The minimum absolute atomic E-state index is 0.0574. The van der Waals surface area contributed by atoms with Crippen LogP contribution in [0.4, 0.5) is 0 Å². The summed E-state index contributed by atoms with van der Waals surface area (Å²) < 4.78 is 0. The second-order valence-electron chi connectivity index (χ2n) is 7.32. The third-order valence-electron chi connectivity index (χ3n) is 5.00. The van der Waals surface area contributed by atoms with Crippen molar-refractivity contribution in [1.29, 1.82) is 0 Å². The maximum Gasteiger partial charge on any atom is 0.0611 e. The Morgan fingerprint density at radius 3 is 2.21 bits per heavy atom. The normalized spacial score (nSPS) is 15.2. The highest BCUT2D eigenvalue weighted by Gasteiger charge is 2.22. The molecule has 2 unspecified atom stereocenters. The first-order valence-corrected chi connectivity index (χ1v) is 9.78. The van der Waals surface area contributed by atoms with Gasteiger partial charge in [0.15, 0.2) is 0 Å². The van der Waals surface area contributed by atoms with Gasteiger partial charge in [-0.15, -0.1) is 0 Å². The molecule has 0 bridgehead atoms. The van der Waals surface area contributed by atoms with E-state index in [1.54, 1.807) is 0 Å². The van der Waals surface area contributed by atoms with Gasteiger partial charge in [0, 0.05) is 11.6 Å². The van der Waals surface area contributed by atoms with Gasteiger partial charge in [-0.2, -0.15) is 0 Å². The van der Waals surface area contributed by atoms with Crippen LogP contribution in [-0.4, -0.2) is 17.3 Å². The number of unbranched alkanes of at least 4 members (excludes halogenated alkanes) is 4. The maximum absolute atomic E-state index is 9.51. The van der Waals surface area contributed by atoms with Crippen molar-refractivity contribution in [2.75, 3.05) is 6.61 Å². The lowest BCUT2D eigenvalue weighted by Crippen LogP contribution is -2.43. The Hall–Kier alpha value is -0.900. The van der Waals surface area contributed by atoms with Crippen molar-refractivity contribution in [2.24, 2.45) is 11.5 Å². The minimum atomic E-state index is -0.442. The van der Waals surface area contributed by atoms with E-state index < -0.39 is 5.54 Å². The SMILES string of the molecule is CCCCCCCC(N)c1ccc(CCC(N)(CO)CCC)cc1. The van der Waals surface area contributed by atoms with Crippen molar-refractivity contribution < 1.29 is 5.11 Å². The highest BCUT2D eigenvalue weighted by atomic mass is 16.3. The van der Waals surface area contributed by atoms with Crippen LogP contribution in [0.5, 0.6) is 0 Å². The third kappa shape index (κ3) is 7.78. The Labute approximate surface area is 148 Å². The summed E-state index contributed by atoms with van der Waals surface area (Å²) in [5.41, 5.74) is 14.6. The Morgan fingerprint density at radius 1 is 0.958 bits per heavy atom. The zero-order valence-corrected chi connectivity index (χ0v) is 15.8. The molecule has 2 atom stereocenters. The molecule has 1 aromatic rings. The average Bonchev–Trinajstić information content (AvgIpc) is 2.60. The molecule has 0 fully saturated rings. The Bertz CT molecular complexity index is 432. The van der Waals surface area contributed by atoms with Gasteiger partial charge in [0.25, 0.3) is 0 Å². The van der Waals surface area contributed by atoms with Gasteiger partial charge >= 0.3 is 0 Å². The lowest BCUT2D eigenvalue weighted by atomic mass is 9.88. The first-order chi connectivity index (χ1) is 11.5. The molecule has 138 valence electrons. The number of nitrogens with two attached hydrogens (primary N) is 2. The summed E-state index contributed by atoms with van der Waals surface area (Å²) in [5, 5.41) is 9.51. The Kier molecular flexibility index (Phi) is 10.2. The van der Waals surface area contributed by atoms with Crippen molar-refractivity contribution in [2.45, 2.75) is 89.6 Å². The molecule has 1 rings (SSSR count). The fraction of sp³-hybridized carbons (Fsp3) is 0.714. The first-order valence-electron chi connectivity index (χ1n) is 9.78. The van der Waals surface area contributed by atoms with Crippen molar-refractivity contribution in [1.82, 2.24) is 0 Å². The fourth-order valence-corrected chi connectivity index (χ4v) is 3.24. The third-order valence-corrected chi connectivity index (χ3v) is 5.00. The van der Waals surface area contributed by atoms with Crippen LogP contribution in [0.2, 0.25) is 0 Å². The van der Waals surface area contributed by atoms with Crippen LogP contribution in [0.25, 0.3) is 0 Å². The molecule has 0 aromatic heterocycles. The van der Waals surface area contributed by atoms with Gasteiger partial charge in [-0.25, -0.2) is 0 Å². The largest absolute Gasteiger partial charge is 0.394 e. The van der Waals surface area contributed by atoms with E-state index >= 15 is 0 Å². The smallest absolute Gasteiger partial charge is 0.0611 e. The van der Waals surface area contributed by atoms with Crippen molar-refractivity contribution in [3.8, 4) is 0 Å². The lowest BCUT2D eigenvalue weighted by Gasteiger charge is -2.26. The quantitative estimate of drug-likeness (QED) is 0.466. The Morgan fingerprint density at radius 2 is 1.62 bits per heavy atom. The minimum Gasteiger partial charge on any atom is -0.394 e. The first kappa shape index (κ1) is 21.1. The summed E-state index contributed by atoms with van der Waals surface area (Å²) in [5.74, 6) is 0. The van der Waals surface area contributed by atoms with Gasteiger partial charge in [-0.05, 0) is 36.8 Å². The highest BCUT2D eigenvalue weighted by molar-refractivity contribution is 5.25. The van der Waals surface area contributed by atoms with Crippen molar-refractivity contribution in [3.05, 3.63) is 35.4 Å². The van der Waals surface area contributed by atoms with Gasteiger partial charge in [-0.1, -0.05) is 76.6 Å². The van der Waals surface area contributed by atoms with Crippen LogP contribution in [0.15, 0.2) is 24.3 Å². The summed E-state index contributed by atoms with van der Waals surface area (Å²) in [6.07, 6.45) is 11.1. The molecule has 3 heteroatoms. The number of benzene rings is 1. The number of hydrogen-bond donors (Lipinski definition) is 3. The van der Waals surface area contributed by atoms with Gasteiger partial charge < -0.3 is 16.6 Å². The van der Waals surface area contributed by atoms with E-state index in [9.17, 15) is 5.11 Å². The van der Waals surface area contributed by atoms with E-state index in [1.165, 1.54) is 43.2 Å². The molecule has 0 aliphatic rings. The van der Waals surface area contributed by atoms with Crippen LogP contribution >= 0.6 is 0 Å². The van der Waals surface area contributed by atoms with E-state index in [4.69, 9.17) is 11.5 Å². The molecule has 0 aliphatic carbocycles. The second-order valence-corrected chi connectivity index (χ2v) is 7.32. The van der Waals surface area contributed by atoms with E-state index in [0.717, 1.165) is 32.1 Å². The predicted octanol–water partition coefficient (Wildman–Crippen LogP) is 4.47. The topological polar surface area (TPSA) is 72.3 Å². The van der Waals surface area contributed by atoms with E-state index in [2.05, 4.69) is 38.1 Å². The maximum atomic E-state index is 9.51. The zero-order chi connectivity index (χ0) is 17.8. The lowest BCUT2D eigenvalue weighted by molar-refractivity contribution is 0.177. The van der Waals surface area contributed by atoms with Crippen LogP contribution < -0.4 is 11.5 Å². The van der Waals surface area contributed by atoms with Gasteiger partial charge in [0.05, 0.1) is 6.61 Å². The molecular weight excluding hydrogens is 296 g/mol. The Balaban J connectivity index is 2.41. The molecule has 0 saturated carbocycles. The van der Waals surface area contributed by atoms with Crippen LogP contribution in [-0.2, 0) is 6.42 Å². The second kappa shape index (κ2) is 11.6. The van der Waals surface area contributed by atoms with Gasteiger partial charge in [0.1, 0.15) is 0 Å². The number of aliphatic hydroxyl groups excluding tert-OH is 1. The summed E-state index contributed by atoms with van der Waals surface area (Å²) in [6, 6.07) is 8.78. The molecule has 0 spiro atoms. The van der Waals surface area contributed by atoms with E-state index in [1.807, 2.05) is 0 Å². The molecule has 0 saturated heterocycles. The molecule has 24 heavy (non-hydrogen) atoms. The molecule has 1 aromatic carbocycles. The molecule has 3 nitrogen and oxygen atoms in total. The summed E-state index contributed by atoms with van der Waals surface area (Å²) in [7, 11) is 0. The molecule has 0 radical (unpaired) electrons. The number of aryl methyl sites for hydroxylation is 1. The number of aliphatic hydroxyl groups is 1. The van der Waals surface area contributed by atoms with Crippen LogP contribution in [0.1, 0.15) is 88.8 Å². The monoisotopic (exact) mass is 334 g/mol. The summed E-state index contributed by atoms with van der Waals surface area (Å²) >= 11 is 0. The fourth-order valence-electron chi connectivity index (χ4n) is 3.24. The van der Waals surface area contributed by atoms with E-state index in [0.29, 0.717) is 0 Å². The summed E-state index contributed by atoms with van der Waals surface area (Å²) in [4.78, 5) is 0. The standard InChI is InChI=1S/C21H38N2O/c1-3-5-6-7-8-9-20(22)19-12-10-18(11-13-19)14-16-21(23,17-24)15-4-2/h10-13,20,24H,3-9,14-17,22-23H2,1-2H3. The molecule has 0 aliphatic heterocycles. The molecule has 0 amide bonds. The molecule has 0 heterocycles. The van der Waals surface area contributed by atoms with E-state index in [-0.39, 0.29) is 12.6 Å². The average molecular weight is 335 g/mol. The highest BCUT2D eigenvalue weighted by Crippen LogP contribution is 2.21. The predicted molar refractivity (Wildman–Crippen MR) is 104 cm³/mol. The number of hydrogen-bond acceptors (Lipinski definition) is 3. The van der Waals surface area contributed by atoms with Gasteiger partial charge in [0.2, 0.25) is 0 Å². The molecule has 5 N–H and O–H groups in total. The van der Waals surface area contributed by atoms with Crippen LogP contribution in [0.3, 0.4) is 0 Å². The van der Waals surface area contributed by atoms with Crippen LogP contribution in [0, 0.1) is 0 Å². The van der Waals surface area contributed by atoms with Crippen molar-refractivity contribution in [3.63, 3.8) is 0 Å². The zero-order valence-electron chi connectivity index (χ0n) is 15.8. The van der Waals surface area contributed by atoms with Crippen molar-refractivity contribution >= 4 is 0 Å². The van der Waals surface area contributed by atoms with Gasteiger partial charge in [-0.3, -0.25) is 0 Å². The molecular formula is C21H38N2O.